The van der Waals surface area contributed by atoms with Gasteiger partial charge in [0.1, 0.15) is 0 Å². The maximum atomic E-state index is 10.9. The van der Waals surface area contributed by atoms with Crippen LogP contribution in [0.15, 0.2) is 0 Å². The number of carbonyl (C=O) groups is 1. The normalized spacial score (nSPS) is 44.4. The van der Waals surface area contributed by atoms with Gasteiger partial charge in [-0.15, -0.1) is 0 Å². The van der Waals surface area contributed by atoms with Crippen molar-refractivity contribution in [2.45, 2.75) is 19.5 Å². The SMILES string of the molecule is CC1CNC2NCC(C(=O)O)C2C1. The maximum absolute atomic E-state index is 10.9. The minimum absolute atomic E-state index is 0.194. The van der Waals surface area contributed by atoms with E-state index in [0.717, 1.165) is 13.0 Å². The van der Waals surface area contributed by atoms with Gasteiger partial charge in [-0.3, -0.25) is 4.79 Å². The Morgan fingerprint density at radius 1 is 1.38 bits per heavy atom. The highest BCUT2D eigenvalue weighted by Gasteiger charge is 2.42. The van der Waals surface area contributed by atoms with E-state index in [2.05, 4.69) is 17.6 Å². The van der Waals surface area contributed by atoms with Crippen LogP contribution in [0.5, 0.6) is 0 Å². The Labute approximate surface area is 77.7 Å². The molecular formula is C9H16N2O2. The first-order chi connectivity index (χ1) is 6.18. The van der Waals surface area contributed by atoms with Crippen molar-refractivity contribution < 1.29 is 9.90 Å². The molecule has 4 atom stereocenters. The Morgan fingerprint density at radius 3 is 2.77 bits per heavy atom. The second-order valence-corrected chi connectivity index (χ2v) is 4.24. The Kier molecular flexibility index (Phi) is 2.26. The second kappa shape index (κ2) is 3.27. The molecule has 74 valence electrons. The molecule has 13 heavy (non-hydrogen) atoms. The molecule has 2 fully saturated rings. The number of carboxylic acids is 1. The summed E-state index contributed by atoms with van der Waals surface area (Å²) in [6.07, 6.45) is 1.26. The zero-order valence-electron chi connectivity index (χ0n) is 7.79. The highest BCUT2D eigenvalue weighted by molar-refractivity contribution is 5.71. The largest absolute Gasteiger partial charge is 0.481 e. The van der Waals surface area contributed by atoms with Gasteiger partial charge in [-0.25, -0.2) is 0 Å². The maximum Gasteiger partial charge on any atom is 0.308 e. The number of piperidine rings is 1. The van der Waals surface area contributed by atoms with Crippen molar-refractivity contribution in [3.63, 3.8) is 0 Å². The monoisotopic (exact) mass is 184 g/mol. The van der Waals surface area contributed by atoms with Gasteiger partial charge < -0.3 is 15.7 Å². The van der Waals surface area contributed by atoms with Gasteiger partial charge in [0.2, 0.25) is 0 Å². The van der Waals surface area contributed by atoms with Crippen LogP contribution in [0.3, 0.4) is 0 Å². The molecule has 2 aliphatic rings. The molecule has 4 unspecified atom stereocenters. The van der Waals surface area contributed by atoms with E-state index in [-0.39, 0.29) is 18.0 Å². The molecule has 0 amide bonds. The molecule has 0 radical (unpaired) electrons. The quantitative estimate of drug-likeness (QED) is 0.531. The third-order valence-corrected chi connectivity index (χ3v) is 3.18. The zero-order chi connectivity index (χ0) is 9.42. The molecule has 2 rings (SSSR count). The Hall–Kier alpha value is -0.610. The standard InChI is InChI=1S/C9H16N2O2/c1-5-2-6-7(9(12)13)4-11-8(6)10-3-5/h5-8,10-11H,2-4H2,1H3,(H,12,13). The van der Waals surface area contributed by atoms with E-state index in [1.807, 2.05) is 0 Å². The van der Waals surface area contributed by atoms with Crippen LogP contribution < -0.4 is 10.6 Å². The van der Waals surface area contributed by atoms with E-state index in [1.54, 1.807) is 0 Å². The molecule has 0 aromatic heterocycles. The van der Waals surface area contributed by atoms with Crippen molar-refractivity contribution in [2.24, 2.45) is 17.8 Å². The van der Waals surface area contributed by atoms with E-state index in [9.17, 15) is 4.79 Å². The predicted molar refractivity (Wildman–Crippen MR) is 48.2 cm³/mol. The lowest BCUT2D eigenvalue weighted by Crippen LogP contribution is -2.48. The van der Waals surface area contributed by atoms with Crippen LogP contribution in [0, 0.1) is 17.8 Å². The molecule has 0 aromatic carbocycles. The van der Waals surface area contributed by atoms with Crippen LogP contribution in [-0.2, 0) is 4.79 Å². The number of aliphatic carboxylic acids is 1. The predicted octanol–water partition coefficient (Wildman–Crippen LogP) is -0.138. The number of carboxylic acid groups (broad SMARTS) is 1. The van der Waals surface area contributed by atoms with Crippen LogP contribution in [0.25, 0.3) is 0 Å². The van der Waals surface area contributed by atoms with Crippen molar-refractivity contribution in [3.05, 3.63) is 0 Å². The molecule has 3 N–H and O–H groups in total. The summed E-state index contributed by atoms with van der Waals surface area (Å²) in [5.74, 6) is 0.0281. The van der Waals surface area contributed by atoms with Gasteiger partial charge in [0, 0.05) is 12.5 Å². The van der Waals surface area contributed by atoms with Gasteiger partial charge in [-0.2, -0.15) is 0 Å². The molecule has 4 nitrogen and oxygen atoms in total. The van der Waals surface area contributed by atoms with Gasteiger partial charge >= 0.3 is 5.97 Å². The molecular weight excluding hydrogens is 168 g/mol. The van der Waals surface area contributed by atoms with Crippen LogP contribution >= 0.6 is 0 Å². The summed E-state index contributed by atoms with van der Waals surface area (Å²) in [6, 6.07) is 0. The zero-order valence-corrected chi connectivity index (χ0v) is 7.79. The molecule has 2 heterocycles. The first kappa shape index (κ1) is 8.97. The third kappa shape index (κ3) is 1.56. The van der Waals surface area contributed by atoms with Gasteiger partial charge in [0.25, 0.3) is 0 Å². The summed E-state index contributed by atoms with van der Waals surface area (Å²) in [6.45, 7) is 3.78. The van der Waals surface area contributed by atoms with Crippen LogP contribution in [0.2, 0.25) is 0 Å². The average Bonchev–Trinajstić information content (AvgIpc) is 2.46. The van der Waals surface area contributed by atoms with Crippen molar-refractivity contribution in [3.8, 4) is 0 Å². The summed E-state index contributed by atoms with van der Waals surface area (Å²) in [5.41, 5.74) is 0. The first-order valence-corrected chi connectivity index (χ1v) is 4.88. The minimum Gasteiger partial charge on any atom is -0.481 e. The van der Waals surface area contributed by atoms with Gasteiger partial charge in [0.05, 0.1) is 12.1 Å². The number of hydrogen-bond donors (Lipinski definition) is 3. The molecule has 2 saturated heterocycles. The van der Waals surface area contributed by atoms with E-state index in [1.165, 1.54) is 0 Å². The highest BCUT2D eigenvalue weighted by atomic mass is 16.4. The lowest BCUT2D eigenvalue weighted by molar-refractivity contribution is -0.142. The molecule has 2 aliphatic heterocycles. The van der Waals surface area contributed by atoms with Crippen molar-refractivity contribution in [1.82, 2.24) is 10.6 Å². The summed E-state index contributed by atoms with van der Waals surface area (Å²) in [7, 11) is 0. The third-order valence-electron chi connectivity index (χ3n) is 3.18. The smallest absolute Gasteiger partial charge is 0.308 e. The summed E-state index contributed by atoms with van der Waals surface area (Å²) in [4.78, 5) is 10.9. The Morgan fingerprint density at radius 2 is 2.08 bits per heavy atom. The second-order valence-electron chi connectivity index (χ2n) is 4.24. The molecule has 4 heteroatoms. The van der Waals surface area contributed by atoms with Crippen molar-refractivity contribution >= 4 is 5.97 Å². The van der Waals surface area contributed by atoms with Gasteiger partial charge in [-0.05, 0) is 18.9 Å². The molecule has 0 saturated carbocycles. The Bertz CT molecular complexity index is 220. The highest BCUT2D eigenvalue weighted by Crippen LogP contribution is 2.30. The number of rotatable bonds is 1. The van der Waals surface area contributed by atoms with E-state index in [0.29, 0.717) is 12.5 Å². The molecule has 0 aromatic rings. The number of hydrogen-bond acceptors (Lipinski definition) is 3. The number of nitrogens with one attached hydrogen (secondary N) is 2. The fraction of sp³-hybridized carbons (Fsp3) is 0.889. The average molecular weight is 184 g/mol. The minimum atomic E-state index is -0.657. The Balaban J connectivity index is 2.06. The topological polar surface area (TPSA) is 61.4 Å². The van der Waals surface area contributed by atoms with E-state index < -0.39 is 5.97 Å². The van der Waals surface area contributed by atoms with Crippen molar-refractivity contribution in [2.75, 3.05) is 13.1 Å². The van der Waals surface area contributed by atoms with E-state index >= 15 is 0 Å². The van der Waals surface area contributed by atoms with Gasteiger partial charge in [0.15, 0.2) is 0 Å². The van der Waals surface area contributed by atoms with E-state index in [4.69, 9.17) is 5.11 Å². The lowest BCUT2D eigenvalue weighted by atomic mass is 9.83. The fourth-order valence-electron chi connectivity index (χ4n) is 2.46. The van der Waals surface area contributed by atoms with Gasteiger partial charge in [-0.1, -0.05) is 6.92 Å². The fourth-order valence-corrected chi connectivity index (χ4v) is 2.46. The summed E-state index contributed by atoms with van der Waals surface area (Å²) >= 11 is 0. The number of fused-ring (bicyclic) bond motifs is 1. The molecule has 0 aliphatic carbocycles. The first-order valence-electron chi connectivity index (χ1n) is 4.88. The van der Waals surface area contributed by atoms with Crippen LogP contribution in [-0.4, -0.2) is 30.3 Å². The molecule has 0 bridgehead atoms. The van der Waals surface area contributed by atoms with Crippen molar-refractivity contribution in [1.29, 1.82) is 0 Å². The summed E-state index contributed by atoms with van der Waals surface area (Å²) < 4.78 is 0. The summed E-state index contributed by atoms with van der Waals surface area (Å²) in [5, 5.41) is 15.5. The van der Waals surface area contributed by atoms with Crippen LogP contribution in [0.1, 0.15) is 13.3 Å². The lowest BCUT2D eigenvalue weighted by Gasteiger charge is -2.32. The molecule has 0 spiro atoms. The van der Waals surface area contributed by atoms with Crippen LogP contribution in [0.4, 0.5) is 0 Å².